The summed E-state index contributed by atoms with van der Waals surface area (Å²) in [6, 6.07) is 23.2. The summed E-state index contributed by atoms with van der Waals surface area (Å²) < 4.78 is 7.82. The second-order valence-corrected chi connectivity index (χ2v) is 10.6. The van der Waals surface area contributed by atoms with Crippen LogP contribution in [-0.2, 0) is 11.3 Å². The van der Waals surface area contributed by atoms with Crippen molar-refractivity contribution in [3.8, 4) is 22.5 Å². The Morgan fingerprint density at radius 2 is 1.86 bits per heavy atom. The van der Waals surface area contributed by atoms with Crippen LogP contribution in [0.5, 0.6) is 0 Å². The van der Waals surface area contributed by atoms with Gasteiger partial charge in [0.25, 0.3) is 0 Å². The van der Waals surface area contributed by atoms with Gasteiger partial charge in [0.15, 0.2) is 0 Å². The van der Waals surface area contributed by atoms with Crippen LogP contribution in [0.2, 0.25) is 0 Å². The average molecular weight is 476 g/mol. The molecule has 5 heteroatoms. The maximum Gasteiger partial charge on any atom is 0.145 e. The molecule has 0 unspecified atom stereocenters. The van der Waals surface area contributed by atoms with E-state index in [4.69, 9.17) is 9.40 Å². The van der Waals surface area contributed by atoms with Crippen LogP contribution in [0.15, 0.2) is 77.4 Å². The standard InChI is InChI=1S/C31H29N3O2/c1-20-3-2-4-26-28(20)34(19-31(14-15-32-18-31)29(35)22-7-8-22)30(33-26)23-9-5-21(6-10-23)24-11-12-27-25(17-24)13-16-36-27/h2-6,9-13,16-17,22,32H,7-8,14-15,18-19H2,1H3/t31-/m0/s1. The third-order valence-electron chi connectivity index (χ3n) is 8.07. The fourth-order valence-corrected chi connectivity index (χ4v) is 5.95. The van der Waals surface area contributed by atoms with Crippen molar-refractivity contribution in [3.05, 3.63) is 78.6 Å². The van der Waals surface area contributed by atoms with Gasteiger partial charge < -0.3 is 14.3 Å². The highest BCUT2D eigenvalue weighted by molar-refractivity contribution is 5.90. The topological polar surface area (TPSA) is 60.1 Å². The highest BCUT2D eigenvalue weighted by Crippen LogP contribution is 2.42. The Hall–Kier alpha value is -3.70. The molecule has 2 aliphatic rings. The molecule has 0 spiro atoms. The van der Waals surface area contributed by atoms with Crippen LogP contribution in [0.3, 0.4) is 0 Å². The van der Waals surface area contributed by atoms with Crippen LogP contribution < -0.4 is 5.32 Å². The number of ketones is 1. The predicted octanol–water partition coefficient (Wildman–Crippen LogP) is 6.38. The smallest absolute Gasteiger partial charge is 0.145 e. The Balaban J connectivity index is 1.31. The zero-order valence-corrected chi connectivity index (χ0v) is 20.5. The first-order chi connectivity index (χ1) is 17.6. The molecule has 7 rings (SSSR count). The van der Waals surface area contributed by atoms with Crippen LogP contribution >= 0.6 is 0 Å². The molecule has 2 aromatic heterocycles. The number of para-hydroxylation sites is 1. The number of hydrogen-bond donors (Lipinski definition) is 1. The number of imidazole rings is 1. The van der Waals surface area contributed by atoms with E-state index in [1.165, 1.54) is 5.56 Å². The average Bonchev–Trinajstić information content (AvgIpc) is 3.28. The van der Waals surface area contributed by atoms with E-state index in [0.717, 1.165) is 76.9 Å². The van der Waals surface area contributed by atoms with Crippen LogP contribution in [0.1, 0.15) is 24.8 Å². The molecular weight excluding hydrogens is 446 g/mol. The van der Waals surface area contributed by atoms with E-state index in [2.05, 4.69) is 71.4 Å². The molecule has 5 aromatic rings. The summed E-state index contributed by atoms with van der Waals surface area (Å²) >= 11 is 0. The van der Waals surface area contributed by atoms with Crippen LogP contribution in [0.4, 0.5) is 0 Å². The maximum atomic E-state index is 13.5. The molecule has 2 fully saturated rings. The minimum Gasteiger partial charge on any atom is -0.464 e. The second-order valence-electron chi connectivity index (χ2n) is 10.6. The Morgan fingerprint density at radius 3 is 2.64 bits per heavy atom. The summed E-state index contributed by atoms with van der Waals surface area (Å²) in [6.07, 6.45) is 4.71. The van der Waals surface area contributed by atoms with Gasteiger partial charge in [-0.2, -0.15) is 0 Å². The highest BCUT2D eigenvalue weighted by atomic mass is 16.3. The highest BCUT2D eigenvalue weighted by Gasteiger charge is 2.48. The van der Waals surface area contributed by atoms with Crippen LogP contribution in [-0.4, -0.2) is 28.4 Å². The molecule has 1 atom stereocenters. The fourth-order valence-electron chi connectivity index (χ4n) is 5.95. The molecule has 1 saturated carbocycles. The SMILES string of the molecule is Cc1cccc2nc(-c3ccc(-c4ccc5occc5c4)cc3)n(C[C@]3(C(=O)C4CC4)CCNC3)c12. The van der Waals surface area contributed by atoms with Crippen LogP contribution in [0.25, 0.3) is 44.5 Å². The van der Waals surface area contributed by atoms with Crippen molar-refractivity contribution in [3.63, 3.8) is 0 Å². The number of nitrogens with zero attached hydrogens (tertiary/aromatic N) is 2. The molecule has 0 amide bonds. The molecule has 1 aliphatic heterocycles. The largest absolute Gasteiger partial charge is 0.464 e. The zero-order valence-electron chi connectivity index (χ0n) is 20.5. The van der Waals surface area contributed by atoms with Crippen molar-refractivity contribution < 1.29 is 9.21 Å². The second kappa shape index (κ2) is 8.17. The molecule has 3 aromatic carbocycles. The first-order valence-corrected chi connectivity index (χ1v) is 12.9. The minimum atomic E-state index is -0.355. The monoisotopic (exact) mass is 475 g/mol. The molecule has 1 aliphatic carbocycles. The van der Waals surface area contributed by atoms with Gasteiger partial charge in [0.2, 0.25) is 0 Å². The summed E-state index contributed by atoms with van der Waals surface area (Å²) in [5.41, 5.74) is 7.24. The first kappa shape index (κ1) is 21.6. The van der Waals surface area contributed by atoms with Crippen LogP contribution in [0, 0.1) is 18.3 Å². The number of nitrogens with one attached hydrogen (secondary N) is 1. The third kappa shape index (κ3) is 3.49. The van der Waals surface area contributed by atoms with Crippen molar-refractivity contribution >= 4 is 27.8 Å². The van der Waals surface area contributed by atoms with Gasteiger partial charge in [-0.05, 0) is 73.7 Å². The number of carbonyl (C=O) groups is 1. The molecule has 1 saturated heterocycles. The Morgan fingerprint density at radius 1 is 1.06 bits per heavy atom. The Bertz CT molecular complexity index is 1600. The number of benzene rings is 3. The summed E-state index contributed by atoms with van der Waals surface area (Å²) in [4.78, 5) is 18.6. The molecule has 3 heterocycles. The van der Waals surface area contributed by atoms with E-state index >= 15 is 0 Å². The van der Waals surface area contributed by atoms with Crippen molar-refractivity contribution in [2.75, 3.05) is 13.1 Å². The maximum absolute atomic E-state index is 13.5. The number of aromatic nitrogens is 2. The lowest BCUT2D eigenvalue weighted by atomic mass is 9.80. The Labute approximate surface area is 210 Å². The van der Waals surface area contributed by atoms with Gasteiger partial charge >= 0.3 is 0 Å². The number of carbonyl (C=O) groups excluding carboxylic acids is 1. The van der Waals surface area contributed by atoms with Crippen molar-refractivity contribution in [2.45, 2.75) is 32.7 Å². The van der Waals surface area contributed by atoms with Gasteiger partial charge in [-0.1, -0.05) is 42.5 Å². The van der Waals surface area contributed by atoms with E-state index in [9.17, 15) is 4.79 Å². The predicted molar refractivity (Wildman–Crippen MR) is 143 cm³/mol. The summed E-state index contributed by atoms with van der Waals surface area (Å²) in [5, 5.41) is 4.59. The normalized spacial score (nSPS) is 19.9. The first-order valence-electron chi connectivity index (χ1n) is 12.9. The number of furan rings is 1. The van der Waals surface area contributed by atoms with Gasteiger partial charge in [-0.25, -0.2) is 4.98 Å². The van der Waals surface area contributed by atoms with Crippen molar-refractivity contribution in [1.82, 2.24) is 14.9 Å². The molecule has 5 nitrogen and oxygen atoms in total. The van der Waals surface area contributed by atoms with Crippen molar-refractivity contribution in [2.24, 2.45) is 11.3 Å². The van der Waals surface area contributed by atoms with Gasteiger partial charge in [-0.15, -0.1) is 0 Å². The fraction of sp³-hybridized carbons (Fsp3) is 0.290. The molecule has 0 radical (unpaired) electrons. The van der Waals surface area contributed by atoms with E-state index in [-0.39, 0.29) is 11.3 Å². The molecule has 180 valence electrons. The molecule has 36 heavy (non-hydrogen) atoms. The van der Waals surface area contributed by atoms with E-state index < -0.39 is 0 Å². The number of aryl methyl sites for hydroxylation is 1. The lowest BCUT2D eigenvalue weighted by molar-refractivity contribution is -0.129. The molecular formula is C31H29N3O2. The number of Topliss-reactive ketones (excluding diaryl/α,β-unsaturated/α-hetero) is 1. The molecule has 1 N–H and O–H groups in total. The summed E-state index contributed by atoms with van der Waals surface area (Å²) in [6.45, 7) is 4.46. The lowest BCUT2D eigenvalue weighted by Gasteiger charge is -2.29. The van der Waals surface area contributed by atoms with E-state index in [1.54, 1.807) is 6.26 Å². The quantitative estimate of drug-likeness (QED) is 0.309. The van der Waals surface area contributed by atoms with Crippen molar-refractivity contribution in [1.29, 1.82) is 0 Å². The van der Waals surface area contributed by atoms with E-state index in [0.29, 0.717) is 12.3 Å². The van der Waals surface area contributed by atoms with Gasteiger partial charge in [0, 0.05) is 30.0 Å². The van der Waals surface area contributed by atoms with E-state index in [1.807, 2.05) is 12.1 Å². The van der Waals surface area contributed by atoms with Gasteiger partial charge in [0.1, 0.15) is 17.2 Å². The number of hydrogen-bond acceptors (Lipinski definition) is 4. The summed E-state index contributed by atoms with van der Waals surface area (Å²) in [7, 11) is 0. The Kier molecular flexibility index (Phi) is 4.90. The lowest BCUT2D eigenvalue weighted by Crippen LogP contribution is -2.39. The molecule has 0 bridgehead atoms. The number of fused-ring (bicyclic) bond motifs is 2. The third-order valence-corrected chi connectivity index (χ3v) is 8.07. The number of rotatable bonds is 6. The zero-order chi connectivity index (χ0) is 24.3. The van der Waals surface area contributed by atoms with Gasteiger partial charge in [-0.3, -0.25) is 4.79 Å². The summed E-state index contributed by atoms with van der Waals surface area (Å²) in [5.74, 6) is 1.63. The minimum absolute atomic E-state index is 0.246. The van der Waals surface area contributed by atoms with Gasteiger partial charge in [0.05, 0.1) is 22.7 Å².